The largest absolute Gasteiger partial charge is 0.324 e. The van der Waals surface area contributed by atoms with E-state index in [-0.39, 0.29) is 17.9 Å². The maximum absolute atomic E-state index is 12.0. The highest BCUT2D eigenvalue weighted by molar-refractivity contribution is 5.90. The van der Waals surface area contributed by atoms with E-state index >= 15 is 0 Å². The summed E-state index contributed by atoms with van der Waals surface area (Å²) in [5.41, 5.74) is 1.72. The molecule has 0 spiro atoms. The Morgan fingerprint density at radius 2 is 1.90 bits per heavy atom. The van der Waals surface area contributed by atoms with Gasteiger partial charge in [-0.2, -0.15) is 0 Å². The summed E-state index contributed by atoms with van der Waals surface area (Å²) in [6, 6.07) is 7.65. The molecule has 1 aromatic heterocycles. The third-order valence-electron chi connectivity index (χ3n) is 2.83. The van der Waals surface area contributed by atoms with Crippen molar-refractivity contribution in [2.24, 2.45) is 0 Å². The first kappa shape index (κ1) is 14.2. The van der Waals surface area contributed by atoms with Crippen LogP contribution in [0.2, 0.25) is 0 Å². The van der Waals surface area contributed by atoms with Gasteiger partial charge >= 0.3 is 0 Å². The number of carbonyl (C=O) groups is 1. The highest BCUT2D eigenvalue weighted by Gasteiger charge is 2.22. The average molecular weight is 273 g/mol. The van der Waals surface area contributed by atoms with Gasteiger partial charge < -0.3 is 5.32 Å². The summed E-state index contributed by atoms with van der Waals surface area (Å²) in [5.74, 6) is 0.545. The monoisotopic (exact) mass is 273 g/mol. The number of rotatable bonds is 3. The van der Waals surface area contributed by atoms with E-state index in [2.05, 4.69) is 20.8 Å². The topological polar surface area (TPSA) is 72.7 Å². The predicted octanol–water partition coefficient (Wildman–Crippen LogP) is 1.92. The summed E-state index contributed by atoms with van der Waals surface area (Å²) in [4.78, 5) is 12.0. The SMILES string of the molecule is Cc1ccc(NC(=O)Cn2nnnc2C(C)(C)C)cc1. The van der Waals surface area contributed by atoms with Crippen molar-refractivity contribution in [3.05, 3.63) is 35.7 Å². The number of amides is 1. The number of anilines is 1. The van der Waals surface area contributed by atoms with Gasteiger partial charge in [0, 0.05) is 11.1 Å². The van der Waals surface area contributed by atoms with Crippen LogP contribution in [0.1, 0.15) is 32.2 Å². The normalized spacial score (nSPS) is 11.4. The molecule has 0 saturated carbocycles. The molecule has 0 unspecified atom stereocenters. The van der Waals surface area contributed by atoms with Crippen LogP contribution in [-0.4, -0.2) is 26.1 Å². The second-order valence-corrected chi connectivity index (χ2v) is 5.82. The van der Waals surface area contributed by atoms with Crippen molar-refractivity contribution in [1.82, 2.24) is 20.2 Å². The fourth-order valence-electron chi connectivity index (χ4n) is 1.82. The summed E-state index contributed by atoms with van der Waals surface area (Å²) in [5, 5.41) is 14.3. The molecule has 0 bridgehead atoms. The minimum absolute atomic E-state index is 0.105. The van der Waals surface area contributed by atoms with Gasteiger partial charge in [-0.15, -0.1) is 5.10 Å². The molecule has 106 valence electrons. The Balaban J connectivity index is 2.05. The van der Waals surface area contributed by atoms with Crippen LogP contribution in [0.5, 0.6) is 0 Å². The Morgan fingerprint density at radius 1 is 1.25 bits per heavy atom. The van der Waals surface area contributed by atoms with E-state index in [4.69, 9.17) is 0 Å². The molecule has 0 atom stereocenters. The highest BCUT2D eigenvalue weighted by atomic mass is 16.2. The van der Waals surface area contributed by atoms with E-state index in [1.165, 1.54) is 4.68 Å². The minimum Gasteiger partial charge on any atom is -0.324 e. The van der Waals surface area contributed by atoms with Crippen molar-refractivity contribution in [2.75, 3.05) is 5.32 Å². The van der Waals surface area contributed by atoms with Crippen molar-refractivity contribution in [1.29, 1.82) is 0 Å². The van der Waals surface area contributed by atoms with Gasteiger partial charge in [0.2, 0.25) is 5.91 Å². The van der Waals surface area contributed by atoms with Gasteiger partial charge in [0.1, 0.15) is 6.54 Å². The Labute approximate surface area is 118 Å². The zero-order valence-electron chi connectivity index (χ0n) is 12.2. The summed E-state index contributed by atoms with van der Waals surface area (Å²) in [6.45, 7) is 8.13. The van der Waals surface area contributed by atoms with Crippen LogP contribution in [-0.2, 0) is 16.8 Å². The van der Waals surface area contributed by atoms with Crippen LogP contribution in [0.3, 0.4) is 0 Å². The number of benzene rings is 1. The fourth-order valence-corrected chi connectivity index (χ4v) is 1.82. The first-order chi connectivity index (χ1) is 9.36. The summed E-state index contributed by atoms with van der Waals surface area (Å²) in [6.07, 6.45) is 0. The number of hydrogen-bond donors (Lipinski definition) is 1. The Bertz CT molecular complexity index is 595. The second-order valence-electron chi connectivity index (χ2n) is 5.82. The molecule has 2 rings (SSSR count). The first-order valence-corrected chi connectivity index (χ1v) is 6.49. The molecule has 1 heterocycles. The Hall–Kier alpha value is -2.24. The molecule has 0 fully saturated rings. The van der Waals surface area contributed by atoms with Gasteiger partial charge in [0.25, 0.3) is 0 Å². The van der Waals surface area contributed by atoms with Crippen molar-refractivity contribution < 1.29 is 4.79 Å². The van der Waals surface area contributed by atoms with Crippen LogP contribution in [0, 0.1) is 6.92 Å². The van der Waals surface area contributed by atoms with Gasteiger partial charge in [-0.3, -0.25) is 4.79 Å². The molecule has 2 aromatic rings. The van der Waals surface area contributed by atoms with Crippen molar-refractivity contribution in [3.8, 4) is 0 Å². The Kier molecular flexibility index (Phi) is 3.83. The third kappa shape index (κ3) is 3.40. The lowest BCUT2D eigenvalue weighted by molar-refractivity contribution is -0.117. The van der Waals surface area contributed by atoms with Crippen LogP contribution < -0.4 is 5.32 Å². The second kappa shape index (κ2) is 5.40. The van der Waals surface area contributed by atoms with Crippen molar-refractivity contribution in [3.63, 3.8) is 0 Å². The lowest BCUT2D eigenvalue weighted by atomic mass is 9.96. The number of nitrogens with one attached hydrogen (secondary N) is 1. The fraction of sp³-hybridized carbons (Fsp3) is 0.429. The van der Waals surface area contributed by atoms with E-state index in [9.17, 15) is 4.79 Å². The maximum atomic E-state index is 12.0. The number of hydrogen-bond acceptors (Lipinski definition) is 4. The van der Waals surface area contributed by atoms with Crippen molar-refractivity contribution >= 4 is 11.6 Å². The van der Waals surface area contributed by atoms with Crippen LogP contribution in [0.4, 0.5) is 5.69 Å². The zero-order valence-corrected chi connectivity index (χ0v) is 12.2. The highest BCUT2D eigenvalue weighted by Crippen LogP contribution is 2.18. The van der Waals surface area contributed by atoms with Gasteiger partial charge in [0.15, 0.2) is 5.82 Å². The molecule has 0 aliphatic carbocycles. The van der Waals surface area contributed by atoms with Gasteiger partial charge in [-0.25, -0.2) is 4.68 Å². The lowest BCUT2D eigenvalue weighted by Crippen LogP contribution is -2.25. The summed E-state index contributed by atoms with van der Waals surface area (Å²) < 4.78 is 1.53. The standard InChI is InChI=1S/C14H19N5O/c1-10-5-7-11(8-6-10)15-12(20)9-19-13(14(2,3)4)16-17-18-19/h5-8H,9H2,1-4H3,(H,15,20). The molecule has 20 heavy (non-hydrogen) atoms. The van der Waals surface area contributed by atoms with E-state index in [0.717, 1.165) is 11.3 Å². The minimum atomic E-state index is -0.201. The van der Waals surface area contributed by atoms with Gasteiger partial charge in [0.05, 0.1) is 0 Å². The van der Waals surface area contributed by atoms with Crippen LogP contribution >= 0.6 is 0 Å². The number of carbonyl (C=O) groups excluding carboxylic acids is 1. The number of tetrazole rings is 1. The molecule has 0 radical (unpaired) electrons. The summed E-state index contributed by atoms with van der Waals surface area (Å²) in [7, 11) is 0. The molecule has 6 nitrogen and oxygen atoms in total. The van der Waals surface area contributed by atoms with E-state index in [0.29, 0.717) is 5.82 Å². The molecule has 1 aromatic carbocycles. The zero-order chi connectivity index (χ0) is 14.8. The maximum Gasteiger partial charge on any atom is 0.246 e. The molecule has 0 saturated heterocycles. The predicted molar refractivity (Wildman–Crippen MR) is 76.3 cm³/mol. The van der Waals surface area contributed by atoms with Gasteiger partial charge in [-0.1, -0.05) is 38.5 Å². The molecule has 1 amide bonds. The molecule has 1 N–H and O–H groups in total. The van der Waals surface area contributed by atoms with Crippen LogP contribution in [0.15, 0.2) is 24.3 Å². The van der Waals surface area contributed by atoms with Crippen LogP contribution in [0.25, 0.3) is 0 Å². The molecule has 0 aliphatic heterocycles. The first-order valence-electron chi connectivity index (χ1n) is 6.49. The van der Waals surface area contributed by atoms with Gasteiger partial charge in [-0.05, 0) is 29.5 Å². The molecular weight excluding hydrogens is 254 g/mol. The molecule has 0 aliphatic rings. The number of aromatic nitrogens is 4. The molecule has 6 heteroatoms. The number of aryl methyl sites for hydroxylation is 1. The quantitative estimate of drug-likeness (QED) is 0.927. The van der Waals surface area contributed by atoms with E-state index in [1.807, 2.05) is 52.0 Å². The Morgan fingerprint density at radius 3 is 2.50 bits per heavy atom. The smallest absolute Gasteiger partial charge is 0.246 e. The number of nitrogens with zero attached hydrogens (tertiary/aromatic N) is 4. The average Bonchev–Trinajstić information content (AvgIpc) is 2.80. The summed E-state index contributed by atoms with van der Waals surface area (Å²) >= 11 is 0. The third-order valence-corrected chi connectivity index (χ3v) is 2.83. The lowest BCUT2D eigenvalue weighted by Gasteiger charge is -2.16. The van der Waals surface area contributed by atoms with E-state index < -0.39 is 0 Å². The van der Waals surface area contributed by atoms with Crippen molar-refractivity contribution in [2.45, 2.75) is 39.7 Å². The van der Waals surface area contributed by atoms with E-state index in [1.54, 1.807) is 0 Å². The molecular formula is C14H19N5O.